The third-order valence-electron chi connectivity index (χ3n) is 5.15. The molecule has 1 unspecified atom stereocenters. The Morgan fingerprint density at radius 1 is 0.741 bits per heavy atom. The average Bonchev–Trinajstić information content (AvgIpc) is 2.98. The van der Waals surface area contributed by atoms with Gasteiger partial charge in [-0.3, -0.25) is 14.5 Å². The number of carbonyl (C=O) groups is 2. The number of hydrogen-bond acceptors (Lipinski definition) is 4. The Hall–Kier alpha value is -2.80. The molecule has 2 fully saturated rings. The highest BCUT2D eigenvalue weighted by Gasteiger charge is 2.43. The molecule has 0 spiro atoms. The Labute approximate surface area is 155 Å². The quantitative estimate of drug-likeness (QED) is 0.778. The van der Waals surface area contributed by atoms with E-state index in [0.717, 1.165) is 10.6 Å². The molecular weight excluding hydrogens is 352 g/mol. The fraction of sp³-hybridized carbons (Fsp3) is 0.300. The number of benzene rings is 2. The van der Waals surface area contributed by atoms with E-state index in [1.54, 1.807) is 12.1 Å². The Kier molecular flexibility index (Phi) is 4.61. The molecular formula is C20H19F2N3O2. The summed E-state index contributed by atoms with van der Waals surface area (Å²) in [7, 11) is 0. The number of anilines is 2. The molecule has 2 aromatic carbocycles. The van der Waals surface area contributed by atoms with Crippen molar-refractivity contribution in [2.24, 2.45) is 0 Å². The van der Waals surface area contributed by atoms with E-state index >= 15 is 0 Å². The van der Waals surface area contributed by atoms with E-state index in [0.29, 0.717) is 31.9 Å². The van der Waals surface area contributed by atoms with E-state index in [1.807, 2.05) is 4.90 Å². The van der Waals surface area contributed by atoms with Gasteiger partial charge in [0.15, 0.2) is 0 Å². The molecule has 0 aliphatic carbocycles. The lowest BCUT2D eigenvalue weighted by atomic mass is 10.1. The molecule has 2 amide bonds. The van der Waals surface area contributed by atoms with Crippen LogP contribution in [0.1, 0.15) is 6.42 Å². The second-order valence-corrected chi connectivity index (χ2v) is 6.76. The smallest absolute Gasteiger partial charge is 0.251 e. The van der Waals surface area contributed by atoms with Crippen LogP contribution in [0.25, 0.3) is 0 Å². The minimum atomic E-state index is -0.488. The first-order valence-electron chi connectivity index (χ1n) is 8.90. The molecule has 2 aromatic rings. The predicted octanol–water partition coefficient (Wildman–Crippen LogP) is 2.42. The van der Waals surface area contributed by atoms with E-state index in [1.165, 1.54) is 36.4 Å². The summed E-state index contributed by atoms with van der Waals surface area (Å²) in [6, 6.07) is 11.2. The summed E-state index contributed by atoms with van der Waals surface area (Å²) < 4.78 is 26.2. The van der Waals surface area contributed by atoms with Gasteiger partial charge in [0, 0.05) is 31.9 Å². The lowest BCUT2D eigenvalue weighted by Crippen LogP contribution is -2.52. The van der Waals surface area contributed by atoms with Crippen LogP contribution in [0.3, 0.4) is 0 Å². The van der Waals surface area contributed by atoms with Gasteiger partial charge in [0.2, 0.25) is 5.91 Å². The van der Waals surface area contributed by atoms with Crippen LogP contribution in [0, 0.1) is 11.6 Å². The molecule has 4 rings (SSSR count). The third-order valence-corrected chi connectivity index (χ3v) is 5.15. The fourth-order valence-corrected chi connectivity index (χ4v) is 3.71. The third kappa shape index (κ3) is 3.42. The number of halogens is 2. The monoisotopic (exact) mass is 371 g/mol. The molecule has 0 saturated carbocycles. The lowest BCUT2D eigenvalue weighted by Gasteiger charge is -2.38. The maximum Gasteiger partial charge on any atom is 0.251 e. The Morgan fingerprint density at radius 3 is 1.81 bits per heavy atom. The largest absolute Gasteiger partial charge is 0.369 e. The molecule has 1 atom stereocenters. The van der Waals surface area contributed by atoms with Crippen molar-refractivity contribution in [1.82, 2.24) is 4.90 Å². The zero-order valence-electron chi connectivity index (χ0n) is 14.6. The van der Waals surface area contributed by atoms with Crippen LogP contribution in [-0.4, -0.2) is 48.9 Å². The maximum atomic E-state index is 13.1. The van der Waals surface area contributed by atoms with Gasteiger partial charge in [-0.1, -0.05) is 0 Å². The van der Waals surface area contributed by atoms with Gasteiger partial charge in [-0.15, -0.1) is 0 Å². The van der Waals surface area contributed by atoms with E-state index in [4.69, 9.17) is 0 Å². The summed E-state index contributed by atoms with van der Waals surface area (Å²) in [6.07, 6.45) is 0.132. The molecule has 2 aliphatic rings. The molecule has 2 saturated heterocycles. The van der Waals surface area contributed by atoms with Crippen molar-refractivity contribution in [3.63, 3.8) is 0 Å². The summed E-state index contributed by atoms with van der Waals surface area (Å²) in [5.41, 5.74) is 1.34. The van der Waals surface area contributed by atoms with Crippen LogP contribution in [-0.2, 0) is 9.59 Å². The molecule has 0 N–H and O–H groups in total. The minimum Gasteiger partial charge on any atom is -0.369 e. The summed E-state index contributed by atoms with van der Waals surface area (Å²) in [4.78, 5) is 30.5. The number of hydrogen-bond donors (Lipinski definition) is 0. The van der Waals surface area contributed by atoms with E-state index in [-0.39, 0.29) is 24.1 Å². The topological polar surface area (TPSA) is 43.9 Å². The van der Waals surface area contributed by atoms with Crippen LogP contribution in [0.2, 0.25) is 0 Å². The molecule has 0 radical (unpaired) electrons. The molecule has 0 bridgehead atoms. The van der Waals surface area contributed by atoms with Crippen LogP contribution in [0.4, 0.5) is 20.2 Å². The fourth-order valence-electron chi connectivity index (χ4n) is 3.71. The number of amides is 2. The molecule has 2 aliphatic heterocycles. The molecule has 7 heteroatoms. The van der Waals surface area contributed by atoms with Gasteiger partial charge in [0.05, 0.1) is 18.2 Å². The van der Waals surface area contributed by atoms with E-state index in [2.05, 4.69) is 4.90 Å². The van der Waals surface area contributed by atoms with Crippen LogP contribution < -0.4 is 9.80 Å². The molecule has 5 nitrogen and oxygen atoms in total. The molecule has 2 heterocycles. The van der Waals surface area contributed by atoms with Crippen molar-refractivity contribution in [2.45, 2.75) is 12.5 Å². The van der Waals surface area contributed by atoms with Gasteiger partial charge in [0.1, 0.15) is 11.6 Å². The van der Waals surface area contributed by atoms with Gasteiger partial charge >= 0.3 is 0 Å². The number of carbonyl (C=O) groups excluding carboxylic acids is 2. The van der Waals surface area contributed by atoms with Crippen molar-refractivity contribution in [3.05, 3.63) is 60.2 Å². The van der Waals surface area contributed by atoms with Crippen molar-refractivity contribution in [2.75, 3.05) is 36.0 Å². The average molecular weight is 371 g/mol. The summed E-state index contributed by atoms with van der Waals surface area (Å²) in [5.74, 6) is -1.21. The van der Waals surface area contributed by atoms with Crippen LogP contribution >= 0.6 is 0 Å². The normalized spacial score (nSPS) is 21.2. The van der Waals surface area contributed by atoms with E-state index in [9.17, 15) is 18.4 Å². The van der Waals surface area contributed by atoms with Crippen molar-refractivity contribution >= 4 is 23.2 Å². The summed E-state index contributed by atoms with van der Waals surface area (Å²) in [5, 5.41) is 0. The maximum absolute atomic E-state index is 13.1. The first-order chi connectivity index (χ1) is 13.0. The Bertz CT molecular complexity index is 847. The zero-order valence-corrected chi connectivity index (χ0v) is 14.6. The molecule has 140 valence electrons. The first kappa shape index (κ1) is 17.6. The second-order valence-electron chi connectivity index (χ2n) is 6.76. The highest BCUT2D eigenvalue weighted by Crippen LogP contribution is 2.27. The SMILES string of the molecule is O=C1CC(N2CCN(c3ccc(F)cc3)CC2)C(=O)N1c1ccc(F)cc1. The minimum absolute atomic E-state index is 0.132. The number of rotatable bonds is 3. The highest BCUT2D eigenvalue weighted by atomic mass is 19.1. The van der Waals surface area contributed by atoms with Crippen molar-refractivity contribution < 1.29 is 18.4 Å². The molecule has 27 heavy (non-hydrogen) atoms. The Balaban J connectivity index is 1.43. The van der Waals surface area contributed by atoms with Crippen LogP contribution in [0.5, 0.6) is 0 Å². The standard InChI is InChI=1S/C20H19F2N3O2/c21-14-1-5-16(6-2-14)23-9-11-24(12-10-23)18-13-19(26)25(20(18)27)17-7-3-15(22)4-8-17/h1-8,18H,9-13H2. The predicted molar refractivity (Wildman–Crippen MR) is 97.5 cm³/mol. The van der Waals surface area contributed by atoms with Crippen molar-refractivity contribution in [1.29, 1.82) is 0 Å². The van der Waals surface area contributed by atoms with Gasteiger partial charge in [0.25, 0.3) is 5.91 Å². The summed E-state index contributed by atoms with van der Waals surface area (Å²) >= 11 is 0. The van der Waals surface area contributed by atoms with Gasteiger partial charge in [-0.05, 0) is 48.5 Å². The number of piperazine rings is 1. The first-order valence-corrected chi connectivity index (χ1v) is 8.90. The molecule has 0 aromatic heterocycles. The Morgan fingerprint density at radius 2 is 1.26 bits per heavy atom. The van der Waals surface area contributed by atoms with Gasteiger partial charge in [-0.25, -0.2) is 13.7 Å². The number of imide groups is 1. The second kappa shape index (κ2) is 7.08. The van der Waals surface area contributed by atoms with Crippen LogP contribution in [0.15, 0.2) is 48.5 Å². The van der Waals surface area contributed by atoms with E-state index < -0.39 is 11.9 Å². The highest BCUT2D eigenvalue weighted by molar-refractivity contribution is 6.22. The lowest BCUT2D eigenvalue weighted by molar-refractivity contribution is -0.123. The summed E-state index contributed by atoms with van der Waals surface area (Å²) in [6.45, 7) is 2.66. The number of nitrogens with zero attached hydrogens (tertiary/aromatic N) is 3. The zero-order chi connectivity index (χ0) is 19.0. The van der Waals surface area contributed by atoms with Gasteiger partial charge in [-0.2, -0.15) is 0 Å². The van der Waals surface area contributed by atoms with Crippen molar-refractivity contribution in [3.8, 4) is 0 Å². The van der Waals surface area contributed by atoms with Gasteiger partial charge < -0.3 is 4.90 Å².